The molecule has 2 heterocycles. The lowest BCUT2D eigenvalue weighted by molar-refractivity contribution is -0.132. The number of nitrogens with zero attached hydrogens (tertiary/aromatic N) is 2. The van der Waals surface area contributed by atoms with Crippen LogP contribution in [0.1, 0.15) is 42.0 Å². The van der Waals surface area contributed by atoms with E-state index in [-0.39, 0.29) is 35.9 Å². The van der Waals surface area contributed by atoms with E-state index in [9.17, 15) is 4.79 Å². The molecule has 0 fully saturated rings. The number of para-hydroxylation sites is 1. The molecule has 0 aliphatic carbocycles. The van der Waals surface area contributed by atoms with Gasteiger partial charge >= 0.3 is 0 Å². The second-order valence-electron chi connectivity index (χ2n) is 7.58. The van der Waals surface area contributed by atoms with Crippen molar-refractivity contribution >= 4 is 35.8 Å². The number of amides is 1. The summed E-state index contributed by atoms with van der Waals surface area (Å²) in [5.74, 6) is 1.52. The molecule has 0 saturated heterocycles. The Bertz CT molecular complexity index is 902. The first kappa shape index (κ1) is 22.4. The summed E-state index contributed by atoms with van der Waals surface area (Å²) in [7, 11) is 0. The van der Waals surface area contributed by atoms with Gasteiger partial charge in [0.25, 0.3) is 0 Å². The summed E-state index contributed by atoms with van der Waals surface area (Å²) < 4.78 is 5.68. The summed E-state index contributed by atoms with van der Waals surface area (Å²) in [4.78, 5) is 18.9. The van der Waals surface area contributed by atoms with E-state index >= 15 is 0 Å². The number of fused-ring (bicyclic) bond motifs is 2. The molecule has 0 saturated carbocycles. The van der Waals surface area contributed by atoms with Crippen LogP contribution in [0.15, 0.2) is 53.5 Å². The summed E-state index contributed by atoms with van der Waals surface area (Å²) in [6, 6.07) is 16.5. The highest BCUT2D eigenvalue weighted by Gasteiger charge is 2.22. The maximum absolute atomic E-state index is 12.5. The van der Waals surface area contributed by atoms with Crippen LogP contribution in [0.2, 0.25) is 0 Å². The maximum atomic E-state index is 12.5. The van der Waals surface area contributed by atoms with Crippen LogP contribution < -0.4 is 15.8 Å². The van der Waals surface area contributed by atoms with Crippen molar-refractivity contribution in [3.8, 4) is 5.75 Å². The van der Waals surface area contributed by atoms with Crippen molar-refractivity contribution in [2.45, 2.75) is 38.3 Å². The largest absolute Gasteiger partial charge is 0.493 e. The van der Waals surface area contributed by atoms with Gasteiger partial charge in [0.2, 0.25) is 5.91 Å². The minimum atomic E-state index is 0. The summed E-state index contributed by atoms with van der Waals surface area (Å²) in [6.45, 7) is 2.71. The van der Waals surface area contributed by atoms with Crippen LogP contribution in [-0.4, -0.2) is 36.5 Å². The van der Waals surface area contributed by atoms with Crippen molar-refractivity contribution < 1.29 is 9.53 Å². The molecule has 3 N–H and O–H groups in total. The fourth-order valence-electron chi connectivity index (χ4n) is 4.01. The zero-order valence-corrected chi connectivity index (χ0v) is 19.4. The van der Waals surface area contributed by atoms with E-state index < -0.39 is 0 Å². The normalized spacial score (nSPS) is 17.8. The minimum absolute atomic E-state index is 0. The maximum Gasteiger partial charge on any atom is 0.222 e. The zero-order valence-electron chi connectivity index (χ0n) is 17.0. The van der Waals surface area contributed by atoms with E-state index in [4.69, 9.17) is 10.5 Å². The van der Waals surface area contributed by atoms with Gasteiger partial charge in [0.15, 0.2) is 5.96 Å². The van der Waals surface area contributed by atoms with Crippen molar-refractivity contribution in [3.05, 3.63) is 65.2 Å². The van der Waals surface area contributed by atoms with E-state index in [0.717, 1.165) is 30.7 Å². The molecule has 2 aliphatic heterocycles. The molecule has 1 unspecified atom stereocenters. The van der Waals surface area contributed by atoms with Crippen molar-refractivity contribution in [1.29, 1.82) is 0 Å². The van der Waals surface area contributed by atoms with Crippen molar-refractivity contribution in [3.63, 3.8) is 0 Å². The average Bonchev–Trinajstić information content (AvgIpc) is 2.76. The van der Waals surface area contributed by atoms with Gasteiger partial charge in [0.05, 0.1) is 12.6 Å². The molecule has 1 atom stereocenters. The van der Waals surface area contributed by atoms with E-state index in [0.29, 0.717) is 38.5 Å². The lowest BCUT2D eigenvalue weighted by Gasteiger charge is -2.29. The Morgan fingerprint density at radius 2 is 1.93 bits per heavy atom. The molecule has 4 rings (SSSR count). The Labute approximate surface area is 194 Å². The van der Waals surface area contributed by atoms with Gasteiger partial charge in [-0.05, 0) is 30.0 Å². The van der Waals surface area contributed by atoms with Gasteiger partial charge < -0.3 is 20.7 Å². The smallest absolute Gasteiger partial charge is 0.222 e. The number of rotatable bonds is 5. The van der Waals surface area contributed by atoms with Crippen LogP contribution in [0.5, 0.6) is 5.75 Å². The fraction of sp³-hybridized carbons (Fsp3) is 0.391. The average molecular weight is 520 g/mol. The fourth-order valence-corrected chi connectivity index (χ4v) is 4.01. The van der Waals surface area contributed by atoms with Gasteiger partial charge in [-0.2, -0.15) is 0 Å². The third-order valence-electron chi connectivity index (χ3n) is 5.59. The number of aliphatic imine (C=N–C) groups is 1. The number of hydrogen-bond donors (Lipinski definition) is 2. The second-order valence-corrected chi connectivity index (χ2v) is 7.58. The zero-order chi connectivity index (χ0) is 20.1. The minimum Gasteiger partial charge on any atom is -0.493 e. The van der Waals surface area contributed by atoms with Crippen LogP contribution in [0.4, 0.5) is 0 Å². The third kappa shape index (κ3) is 5.44. The summed E-state index contributed by atoms with van der Waals surface area (Å²) in [6.07, 6.45) is 2.98. The van der Waals surface area contributed by atoms with Crippen molar-refractivity contribution in [2.75, 3.05) is 19.7 Å². The van der Waals surface area contributed by atoms with Crippen LogP contribution >= 0.6 is 24.0 Å². The molecule has 30 heavy (non-hydrogen) atoms. The van der Waals surface area contributed by atoms with E-state index in [2.05, 4.69) is 34.6 Å². The molecule has 7 heteroatoms. The van der Waals surface area contributed by atoms with Gasteiger partial charge in [-0.15, -0.1) is 24.0 Å². The number of halogens is 1. The lowest BCUT2D eigenvalue weighted by atomic mass is 9.99. The van der Waals surface area contributed by atoms with Crippen LogP contribution in [0, 0.1) is 0 Å². The molecule has 2 aliphatic rings. The SMILES string of the molecule is I.NC(=NCCCC(=O)N1CCc2ccccc2C1)NC1CCOc2ccccc21. The van der Waals surface area contributed by atoms with Gasteiger partial charge in [-0.3, -0.25) is 9.79 Å². The van der Waals surface area contributed by atoms with E-state index in [1.165, 1.54) is 11.1 Å². The van der Waals surface area contributed by atoms with Crippen LogP contribution in [0.3, 0.4) is 0 Å². The van der Waals surface area contributed by atoms with Gasteiger partial charge in [-0.25, -0.2) is 0 Å². The molecule has 6 nitrogen and oxygen atoms in total. The molecular formula is C23H29IN4O2. The molecule has 0 bridgehead atoms. The number of nitrogens with two attached hydrogens (primary N) is 1. The number of carbonyl (C=O) groups is 1. The highest BCUT2D eigenvalue weighted by molar-refractivity contribution is 14.0. The first-order valence-corrected chi connectivity index (χ1v) is 10.3. The first-order chi connectivity index (χ1) is 14.2. The van der Waals surface area contributed by atoms with E-state index in [1.54, 1.807) is 0 Å². The molecule has 0 spiro atoms. The van der Waals surface area contributed by atoms with Gasteiger partial charge in [0, 0.05) is 38.0 Å². The van der Waals surface area contributed by atoms with Gasteiger partial charge in [0.1, 0.15) is 5.75 Å². The van der Waals surface area contributed by atoms with Crippen molar-refractivity contribution in [1.82, 2.24) is 10.2 Å². The molecule has 1 amide bonds. The predicted octanol–water partition coefficient (Wildman–Crippen LogP) is 3.40. The number of nitrogens with one attached hydrogen (secondary N) is 1. The lowest BCUT2D eigenvalue weighted by Crippen LogP contribution is -2.37. The van der Waals surface area contributed by atoms with Gasteiger partial charge in [-0.1, -0.05) is 42.5 Å². The molecule has 0 aromatic heterocycles. The first-order valence-electron chi connectivity index (χ1n) is 10.3. The molecule has 0 radical (unpaired) electrons. The Hall–Kier alpha value is -2.29. The number of benzene rings is 2. The van der Waals surface area contributed by atoms with Crippen LogP contribution in [0.25, 0.3) is 0 Å². The highest BCUT2D eigenvalue weighted by Crippen LogP contribution is 2.31. The van der Waals surface area contributed by atoms with Crippen molar-refractivity contribution in [2.24, 2.45) is 10.7 Å². The number of guanidine groups is 1. The number of ether oxygens (including phenoxy) is 1. The number of carbonyl (C=O) groups excluding carboxylic acids is 1. The topological polar surface area (TPSA) is 80.0 Å². The standard InChI is InChI=1S/C23H28N4O2.HI/c24-23(26-20-12-15-29-21-9-4-3-8-19(20)21)25-13-5-10-22(28)27-14-11-17-6-1-2-7-18(17)16-27;/h1-4,6-9,20H,5,10-16H2,(H3,24,25,26);1H. The summed E-state index contributed by atoms with van der Waals surface area (Å²) in [5.41, 5.74) is 9.80. The van der Waals surface area contributed by atoms with E-state index in [1.807, 2.05) is 29.2 Å². The quantitative estimate of drug-likeness (QED) is 0.274. The molecule has 160 valence electrons. The molecule has 2 aromatic rings. The summed E-state index contributed by atoms with van der Waals surface area (Å²) >= 11 is 0. The monoisotopic (exact) mass is 520 g/mol. The highest BCUT2D eigenvalue weighted by atomic mass is 127. The molecule has 2 aromatic carbocycles. The number of hydrogen-bond acceptors (Lipinski definition) is 3. The third-order valence-corrected chi connectivity index (χ3v) is 5.59. The Kier molecular flexibility index (Phi) is 7.95. The predicted molar refractivity (Wildman–Crippen MR) is 129 cm³/mol. The Morgan fingerprint density at radius 3 is 2.80 bits per heavy atom. The second kappa shape index (κ2) is 10.7. The summed E-state index contributed by atoms with van der Waals surface area (Å²) in [5, 5.41) is 3.29. The van der Waals surface area contributed by atoms with Crippen LogP contribution in [-0.2, 0) is 17.8 Å². The Balaban J connectivity index is 0.00000256. The molecular weight excluding hydrogens is 491 g/mol. The Morgan fingerprint density at radius 1 is 1.17 bits per heavy atom.